The maximum Gasteiger partial charge on any atom is 0.210 e. The highest BCUT2D eigenvalue weighted by Crippen LogP contribution is 2.25. The zero-order chi connectivity index (χ0) is 20.8. The monoisotopic (exact) mass is 405 g/mol. The molecule has 1 aromatic heterocycles. The number of pyridine rings is 1. The van der Waals surface area contributed by atoms with E-state index in [2.05, 4.69) is 37.5 Å². The Kier molecular flexibility index (Phi) is 6.42. The minimum atomic E-state index is -1.00. The van der Waals surface area contributed by atoms with Gasteiger partial charge >= 0.3 is 0 Å². The Hall–Kier alpha value is -2.74. The Balaban J connectivity index is 1.33. The van der Waals surface area contributed by atoms with Crippen LogP contribution in [0.1, 0.15) is 12.0 Å². The van der Waals surface area contributed by atoms with Gasteiger partial charge in [-0.2, -0.15) is 0 Å². The van der Waals surface area contributed by atoms with Gasteiger partial charge in [-0.15, -0.1) is 0 Å². The molecule has 1 fully saturated rings. The molecular weight excluding hydrogens is 374 g/mol. The van der Waals surface area contributed by atoms with Crippen LogP contribution < -0.4 is 16.4 Å². The van der Waals surface area contributed by atoms with Gasteiger partial charge in [0, 0.05) is 56.3 Å². The van der Waals surface area contributed by atoms with Gasteiger partial charge in [0.25, 0.3) is 0 Å². The number of aromatic nitrogens is 1. The second-order valence-corrected chi connectivity index (χ2v) is 7.97. The summed E-state index contributed by atoms with van der Waals surface area (Å²) in [5.41, 5.74) is 9.46. The van der Waals surface area contributed by atoms with Crippen molar-refractivity contribution >= 4 is 6.21 Å². The maximum atomic E-state index is 6.63. The lowest BCUT2D eigenvalue weighted by Gasteiger charge is -2.33. The summed E-state index contributed by atoms with van der Waals surface area (Å²) in [5, 5.41) is 6.83. The number of aliphatic imine (C=N–C) groups is 1. The Bertz CT molecular complexity index is 887. The van der Waals surface area contributed by atoms with Crippen LogP contribution in [-0.2, 0) is 5.79 Å². The molecule has 7 heteroatoms. The number of benzene rings is 1. The Labute approximate surface area is 178 Å². The van der Waals surface area contributed by atoms with Crippen molar-refractivity contribution < 1.29 is 0 Å². The fourth-order valence-corrected chi connectivity index (χ4v) is 3.80. The molecular formula is C23H31N7. The number of nitrogens with zero attached hydrogens (tertiary/aromatic N) is 4. The first-order chi connectivity index (χ1) is 14.6. The molecule has 2 aliphatic heterocycles. The minimum absolute atomic E-state index is 0.892. The van der Waals surface area contributed by atoms with E-state index in [-0.39, 0.29) is 0 Å². The average molecular weight is 406 g/mol. The fraction of sp³-hybridized carbons (Fsp3) is 0.391. The van der Waals surface area contributed by atoms with Crippen LogP contribution in [0.15, 0.2) is 65.6 Å². The van der Waals surface area contributed by atoms with Crippen LogP contribution >= 0.6 is 0 Å². The molecule has 7 nitrogen and oxygen atoms in total. The van der Waals surface area contributed by atoms with Gasteiger partial charge in [-0.1, -0.05) is 24.3 Å². The molecule has 0 radical (unpaired) electrons. The predicted octanol–water partition coefficient (Wildman–Crippen LogP) is 1.56. The fourth-order valence-electron chi connectivity index (χ4n) is 3.80. The van der Waals surface area contributed by atoms with E-state index in [0.717, 1.165) is 68.3 Å². The normalized spacial score (nSPS) is 22.4. The number of allylic oxidation sites excluding steroid dienone is 1. The summed E-state index contributed by atoms with van der Waals surface area (Å²) in [4.78, 5) is 13.9. The first-order valence-corrected chi connectivity index (χ1v) is 10.6. The van der Waals surface area contributed by atoms with Gasteiger partial charge in [0.05, 0.1) is 5.69 Å². The predicted molar refractivity (Wildman–Crippen MR) is 122 cm³/mol. The van der Waals surface area contributed by atoms with Crippen LogP contribution in [0, 0.1) is 0 Å². The highest BCUT2D eigenvalue weighted by molar-refractivity contribution is 5.74. The van der Waals surface area contributed by atoms with Crippen LogP contribution in [0.4, 0.5) is 0 Å². The van der Waals surface area contributed by atoms with Gasteiger partial charge in [-0.25, -0.2) is 4.99 Å². The van der Waals surface area contributed by atoms with Gasteiger partial charge < -0.3 is 20.4 Å². The largest absolute Gasteiger partial charge is 0.372 e. The lowest BCUT2D eigenvalue weighted by atomic mass is 10.0. The summed E-state index contributed by atoms with van der Waals surface area (Å²) in [6, 6.07) is 14.0. The summed E-state index contributed by atoms with van der Waals surface area (Å²) in [6.45, 7) is 6.63. The third kappa shape index (κ3) is 5.05. The highest BCUT2D eigenvalue weighted by Gasteiger charge is 2.28. The second kappa shape index (κ2) is 9.38. The SMILES string of the molecule is CN1CCN(CCCNC2=CC=NC(N)(c3cccc(-c4ccccn4)c3)N2)CC1. The van der Waals surface area contributed by atoms with E-state index in [1.54, 1.807) is 12.4 Å². The first kappa shape index (κ1) is 20.5. The zero-order valence-corrected chi connectivity index (χ0v) is 17.6. The smallest absolute Gasteiger partial charge is 0.210 e. The number of hydrogen-bond acceptors (Lipinski definition) is 7. The number of likely N-dealkylation sites (N-methyl/N-ethyl adjacent to an activating group) is 1. The minimum Gasteiger partial charge on any atom is -0.372 e. The van der Waals surface area contributed by atoms with Crippen molar-refractivity contribution in [1.29, 1.82) is 0 Å². The molecule has 0 amide bonds. The summed E-state index contributed by atoms with van der Waals surface area (Å²) in [7, 11) is 2.19. The molecule has 0 saturated carbocycles. The molecule has 2 aliphatic rings. The molecule has 4 rings (SSSR count). The van der Waals surface area contributed by atoms with Crippen molar-refractivity contribution in [3.63, 3.8) is 0 Å². The standard InChI is InChI=1S/C23H31N7/c1-29-14-16-30(17-15-29)13-5-11-26-22-9-12-27-23(24,28-22)20-7-4-6-19(18-20)21-8-2-3-10-25-21/h2-4,6-10,12,18,26,28H,5,11,13-17,24H2,1H3. The van der Waals surface area contributed by atoms with Gasteiger partial charge in [-0.05, 0) is 44.3 Å². The molecule has 0 spiro atoms. The topological polar surface area (TPSA) is 81.8 Å². The molecule has 1 unspecified atom stereocenters. The van der Waals surface area contributed by atoms with Crippen molar-refractivity contribution in [2.45, 2.75) is 12.2 Å². The Morgan fingerprint density at radius 2 is 2.00 bits per heavy atom. The lowest BCUT2D eigenvalue weighted by Crippen LogP contribution is -2.52. The quantitative estimate of drug-likeness (QED) is 0.607. The van der Waals surface area contributed by atoms with Crippen LogP contribution in [0.3, 0.4) is 0 Å². The van der Waals surface area contributed by atoms with Crippen LogP contribution in [0.5, 0.6) is 0 Å². The van der Waals surface area contributed by atoms with Crippen molar-refractivity contribution in [3.8, 4) is 11.3 Å². The number of hydrogen-bond donors (Lipinski definition) is 3. The lowest BCUT2D eigenvalue weighted by molar-refractivity contribution is 0.153. The highest BCUT2D eigenvalue weighted by atomic mass is 15.3. The second-order valence-electron chi connectivity index (χ2n) is 7.97. The third-order valence-corrected chi connectivity index (χ3v) is 5.67. The maximum absolute atomic E-state index is 6.63. The van der Waals surface area contributed by atoms with Crippen molar-refractivity contribution in [2.24, 2.45) is 10.7 Å². The van der Waals surface area contributed by atoms with Crippen molar-refractivity contribution in [3.05, 3.63) is 66.1 Å². The van der Waals surface area contributed by atoms with E-state index >= 15 is 0 Å². The molecule has 30 heavy (non-hydrogen) atoms. The average Bonchev–Trinajstić information content (AvgIpc) is 2.79. The van der Waals surface area contributed by atoms with Gasteiger partial charge in [0.2, 0.25) is 5.79 Å². The van der Waals surface area contributed by atoms with E-state index in [1.807, 2.05) is 48.5 Å². The Morgan fingerprint density at radius 1 is 1.13 bits per heavy atom. The van der Waals surface area contributed by atoms with E-state index in [0.29, 0.717) is 0 Å². The van der Waals surface area contributed by atoms with Gasteiger partial charge in [-0.3, -0.25) is 10.7 Å². The number of piperazine rings is 1. The molecule has 1 atom stereocenters. The number of nitrogens with two attached hydrogens (primary N) is 1. The molecule has 3 heterocycles. The van der Waals surface area contributed by atoms with Gasteiger partial charge in [0.15, 0.2) is 0 Å². The van der Waals surface area contributed by atoms with Crippen LogP contribution in [0.2, 0.25) is 0 Å². The van der Waals surface area contributed by atoms with E-state index in [9.17, 15) is 0 Å². The van der Waals surface area contributed by atoms with E-state index in [4.69, 9.17) is 5.73 Å². The summed E-state index contributed by atoms with van der Waals surface area (Å²) < 4.78 is 0. The first-order valence-electron chi connectivity index (χ1n) is 10.6. The molecule has 0 bridgehead atoms. The number of nitrogens with one attached hydrogen (secondary N) is 2. The molecule has 0 aliphatic carbocycles. The van der Waals surface area contributed by atoms with Crippen molar-refractivity contribution in [2.75, 3.05) is 46.3 Å². The summed E-state index contributed by atoms with van der Waals surface area (Å²) in [6.07, 6.45) is 6.59. The summed E-state index contributed by atoms with van der Waals surface area (Å²) in [5.74, 6) is -0.103. The zero-order valence-electron chi connectivity index (χ0n) is 17.6. The van der Waals surface area contributed by atoms with E-state index < -0.39 is 5.79 Å². The number of rotatable bonds is 7. The third-order valence-electron chi connectivity index (χ3n) is 5.67. The molecule has 4 N–H and O–H groups in total. The molecule has 2 aromatic rings. The summed E-state index contributed by atoms with van der Waals surface area (Å²) >= 11 is 0. The van der Waals surface area contributed by atoms with Gasteiger partial charge in [0.1, 0.15) is 5.82 Å². The van der Waals surface area contributed by atoms with Crippen LogP contribution in [-0.4, -0.2) is 67.3 Å². The van der Waals surface area contributed by atoms with Crippen molar-refractivity contribution in [1.82, 2.24) is 25.4 Å². The molecule has 1 saturated heterocycles. The van der Waals surface area contributed by atoms with E-state index in [1.165, 1.54) is 0 Å². The Morgan fingerprint density at radius 3 is 2.80 bits per heavy atom. The van der Waals surface area contributed by atoms with Crippen LogP contribution in [0.25, 0.3) is 11.3 Å². The molecule has 1 aromatic carbocycles. The molecule has 158 valence electrons.